The largest absolute Gasteiger partial charge is 0.481 e. The summed E-state index contributed by atoms with van der Waals surface area (Å²) in [6.45, 7) is 0. The van der Waals surface area contributed by atoms with Gasteiger partial charge in [0.25, 0.3) is 0 Å². The maximum atomic E-state index is 13.1. The minimum atomic E-state index is -3.91. The van der Waals surface area contributed by atoms with Crippen molar-refractivity contribution in [3.8, 4) is 0 Å². The van der Waals surface area contributed by atoms with E-state index in [0.717, 1.165) is 37.7 Å². The summed E-state index contributed by atoms with van der Waals surface area (Å²) < 4.78 is 28.5. The first-order chi connectivity index (χ1) is 15.7. The Morgan fingerprint density at radius 1 is 1.00 bits per heavy atom. The Morgan fingerprint density at radius 3 is 2.24 bits per heavy atom. The Balaban J connectivity index is 1.73. The molecule has 0 aromatic heterocycles. The Morgan fingerprint density at radius 2 is 1.64 bits per heavy atom. The highest BCUT2D eigenvalue weighted by Gasteiger charge is 2.29. The lowest BCUT2D eigenvalue weighted by Crippen LogP contribution is -2.45. The molecule has 3 N–H and O–H groups in total. The molecule has 7 nitrogen and oxygen atoms in total. The molecule has 33 heavy (non-hydrogen) atoms. The van der Waals surface area contributed by atoms with Crippen molar-refractivity contribution in [2.45, 2.75) is 62.3 Å². The highest BCUT2D eigenvalue weighted by Crippen LogP contribution is 2.28. The maximum Gasteiger partial charge on any atom is 0.303 e. The predicted molar refractivity (Wildman–Crippen MR) is 128 cm³/mol. The minimum absolute atomic E-state index is 0.0294. The van der Waals surface area contributed by atoms with Gasteiger partial charge in [0.15, 0.2) is 0 Å². The van der Waals surface area contributed by atoms with Crippen LogP contribution in [-0.4, -0.2) is 31.4 Å². The van der Waals surface area contributed by atoms with Crippen molar-refractivity contribution in [2.75, 3.05) is 5.32 Å². The van der Waals surface area contributed by atoms with E-state index in [4.69, 9.17) is 16.7 Å². The molecule has 0 spiro atoms. The van der Waals surface area contributed by atoms with Crippen molar-refractivity contribution >= 4 is 39.2 Å². The van der Waals surface area contributed by atoms with E-state index in [1.54, 1.807) is 24.3 Å². The summed E-state index contributed by atoms with van der Waals surface area (Å²) in [5.74, 6) is -1.01. The van der Waals surface area contributed by atoms with E-state index < -0.39 is 27.9 Å². The fourth-order valence-electron chi connectivity index (χ4n) is 4.07. The smallest absolute Gasteiger partial charge is 0.303 e. The maximum absolute atomic E-state index is 13.1. The van der Waals surface area contributed by atoms with Gasteiger partial charge in [-0.25, -0.2) is 8.42 Å². The molecule has 1 atom stereocenters. The number of hydrogen-bond donors (Lipinski definition) is 3. The van der Waals surface area contributed by atoms with Crippen molar-refractivity contribution in [2.24, 2.45) is 5.92 Å². The van der Waals surface area contributed by atoms with Crippen LogP contribution in [0.3, 0.4) is 0 Å². The zero-order valence-corrected chi connectivity index (χ0v) is 19.9. The molecule has 0 unspecified atom stereocenters. The molecule has 0 saturated heterocycles. The first-order valence-corrected chi connectivity index (χ1v) is 13.0. The fourth-order valence-corrected chi connectivity index (χ4v) is 5.40. The summed E-state index contributed by atoms with van der Waals surface area (Å²) in [5.41, 5.74) is 1.37. The number of carbonyl (C=O) groups excluding carboxylic acids is 1. The van der Waals surface area contributed by atoms with Gasteiger partial charge in [0.2, 0.25) is 15.9 Å². The van der Waals surface area contributed by atoms with Gasteiger partial charge >= 0.3 is 5.97 Å². The Labute approximate surface area is 199 Å². The van der Waals surface area contributed by atoms with Gasteiger partial charge in [-0.1, -0.05) is 55.8 Å². The average molecular weight is 493 g/mol. The van der Waals surface area contributed by atoms with Gasteiger partial charge in [0.1, 0.15) is 6.04 Å². The van der Waals surface area contributed by atoms with Crippen LogP contribution < -0.4 is 10.0 Å². The molecule has 1 aliphatic carbocycles. The lowest BCUT2D eigenvalue weighted by molar-refractivity contribution is -0.137. The average Bonchev–Trinajstić information content (AvgIpc) is 2.79. The SMILES string of the molecule is O=C(O)CCc1ccc(NC(=O)[C@H](CC2CCCCC2)NS(=O)(=O)c2ccc(Cl)cc2)cc1. The number of halogens is 1. The molecule has 1 aliphatic rings. The third-order valence-corrected chi connectivity index (χ3v) is 7.62. The first kappa shape index (κ1) is 25.2. The van der Waals surface area contributed by atoms with Crippen LogP contribution in [-0.2, 0) is 26.0 Å². The zero-order valence-electron chi connectivity index (χ0n) is 18.3. The number of aliphatic carboxylic acids is 1. The molecular weight excluding hydrogens is 464 g/mol. The Kier molecular flexibility index (Phi) is 8.88. The van der Waals surface area contributed by atoms with Crippen molar-refractivity contribution in [3.05, 3.63) is 59.1 Å². The predicted octanol–water partition coefficient (Wildman–Crippen LogP) is 4.61. The number of aryl methyl sites for hydroxylation is 1. The van der Waals surface area contributed by atoms with E-state index in [-0.39, 0.29) is 17.2 Å². The van der Waals surface area contributed by atoms with Gasteiger partial charge in [-0.3, -0.25) is 9.59 Å². The van der Waals surface area contributed by atoms with Crippen LogP contribution in [0.15, 0.2) is 53.4 Å². The number of sulfonamides is 1. The molecular formula is C24H29ClN2O5S. The van der Waals surface area contributed by atoms with Crippen LogP contribution in [0.1, 0.15) is 50.5 Å². The number of benzene rings is 2. The molecule has 178 valence electrons. The van der Waals surface area contributed by atoms with Crippen molar-refractivity contribution in [3.63, 3.8) is 0 Å². The molecule has 9 heteroatoms. The lowest BCUT2D eigenvalue weighted by Gasteiger charge is -2.26. The number of amides is 1. The molecule has 3 rings (SSSR count). The van der Waals surface area contributed by atoms with E-state index in [2.05, 4.69) is 10.0 Å². The third kappa shape index (κ3) is 7.84. The fraction of sp³-hybridized carbons (Fsp3) is 0.417. The first-order valence-electron chi connectivity index (χ1n) is 11.1. The van der Waals surface area contributed by atoms with Gasteiger partial charge in [-0.15, -0.1) is 0 Å². The zero-order chi connectivity index (χ0) is 23.8. The molecule has 2 aromatic carbocycles. The number of carboxylic acids is 1. The van der Waals surface area contributed by atoms with Crippen LogP contribution in [0.2, 0.25) is 5.02 Å². The molecule has 1 amide bonds. The van der Waals surface area contributed by atoms with Gasteiger partial charge in [-0.2, -0.15) is 4.72 Å². The highest BCUT2D eigenvalue weighted by atomic mass is 35.5. The second kappa shape index (κ2) is 11.6. The van der Waals surface area contributed by atoms with E-state index in [9.17, 15) is 18.0 Å². The standard InChI is InChI=1S/C24H29ClN2O5S/c25-19-9-13-21(14-10-19)33(31,32)27-22(16-18-4-2-1-3-5-18)24(30)26-20-11-6-17(7-12-20)8-15-23(28)29/h6-7,9-14,18,22,27H,1-5,8,15-16H2,(H,26,30)(H,28,29)/t22-/m0/s1. The highest BCUT2D eigenvalue weighted by molar-refractivity contribution is 7.89. The van der Waals surface area contributed by atoms with E-state index in [1.807, 2.05) is 0 Å². The van der Waals surface area contributed by atoms with E-state index in [0.29, 0.717) is 23.6 Å². The molecule has 0 bridgehead atoms. The number of hydrogen-bond acceptors (Lipinski definition) is 4. The minimum Gasteiger partial charge on any atom is -0.481 e. The molecule has 0 radical (unpaired) electrons. The Hall–Kier alpha value is -2.42. The topological polar surface area (TPSA) is 113 Å². The van der Waals surface area contributed by atoms with E-state index >= 15 is 0 Å². The van der Waals surface area contributed by atoms with Crippen LogP contribution in [0.5, 0.6) is 0 Å². The van der Waals surface area contributed by atoms with Gasteiger partial charge in [-0.05, 0) is 60.7 Å². The second-order valence-corrected chi connectivity index (χ2v) is 10.6. The van der Waals surface area contributed by atoms with Crippen LogP contribution >= 0.6 is 11.6 Å². The monoisotopic (exact) mass is 492 g/mol. The van der Waals surface area contributed by atoms with Crippen molar-refractivity contribution in [1.29, 1.82) is 0 Å². The third-order valence-electron chi connectivity index (χ3n) is 5.88. The molecule has 0 heterocycles. The summed E-state index contributed by atoms with van der Waals surface area (Å²) in [6, 6.07) is 11.8. The number of rotatable bonds is 10. The van der Waals surface area contributed by atoms with Crippen LogP contribution in [0.4, 0.5) is 5.69 Å². The number of carboxylic acid groups (broad SMARTS) is 1. The normalized spacial score (nSPS) is 15.7. The van der Waals surface area contributed by atoms with Gasteiger partial charge in [0.05, 0.1) is 4.90 Å². The molecule has 1 fully saturated rings. The quantitative estimate of drug-likeness (QED) is 0.448. The van der Waals surface area contributed by atoms with Crippen LogP contribution in [0, 0.1) is 5.92 Å². The molecule has 2 aromatic rings. The number of nitrogens with one attached hydrogen (secondary N) is 2. The van der Waals surface area contributed by atoms with Crippen LogP contribution in [0.25, 0.3) is 0 Å². The van der Waals surface area contributed by atoms with E-state index in [1.165, 1.54) is 24.3 Å². The summed E-state index contributed by atoms with van der Waals surface area (Å²) in [6.07, 6.45) is 6.14. The molecule has 0 aliphatic heterocycles. The van der Waals surface area contributed by atoms with Crippen molar-refractivity contribution in [1.82, 2.24) is 4.72 Å². The number of anilines is 1. The summed E-state index contributed by atoms with van der Waals surface area (Å²) in [7, 11) is -3.91. The summed E-state index contributed by atoms with van der Waals surface area (Å²) >= 11 is 5.87. The summed E-state index contributed by atoms with van der Waals surface area (Å²) in [4.78, 5) is 23.9. The van der Waals surface area contributed by atoms with Gasteiger partial charge in [0, 0.05) is 17.1 Å². The molecule has 1 saturated carbocycles. The Bertz CT molecular complexity index is 1050. The van der Waals surface area contributed by atoms with Crippen molar-refractivity contribution < 1.29 is 23.1 Å². The summed E-state index contributed by atoms with van der Waals surface area (Å²) in [5, 5.41) is 12.0. The van der Waals surface area contributed by atoms with Gasteiger partial charge < -0.3 is 10.4 Å². The lowest BCUT2D eigenvalue weighted by atomic mass is 9.85. The number of carbonyl (C=O) groups is 2. The second-order valence-electron chi connectivity index (χ2n) is 8.45.